The molecule has 1 heterocycles. The highest BCUT2D eigenvalue weighted by Gasteiger charge is 2.21. The number of nitrogens with zero attached hydrogens (tertiary/aromatic N) is 2. The zero-order valence-electron chi connectivity index (χ0n) is 12.6. The predicted molar refractivity (Wildman–Crippen MR) is 83.2 cm³/mol. The minimum atomic E-state index is -0.666. The molecule has 1 saturated heterocycles. The summed E-state index contributed by atoms with van der Waals surface area (Å²) >= 11 is 0. The summed E-state index contributed by atoms with van der Waals surface area (Å²) in [7, 11) is 0. The van der Waals surface area contributed by atoms with Crippen molar-refractivity contribution in [3.8, 4) is 0 Å². The number of amides is 1. The SMILES string of the molecule is CC(O)CNC(=O)c1cc([N+](=O)[O-])ccc1N1CCCCC1. The van der Waals surface area contributed by atoms with Gasteiger partial charge in [-0.1, -0.05) is 0 Å². The molecule has 2 rings (SSSR count). The number of carbonyl (C=O) groups is 1. The Bertz CT molecular complexity index is 554. The van der Waals surface area contributed by atoms with Gasteiger partial charge in [0.1, 0.15) is 0 Å². The van der Waals surface area contributed by atoms with Crippen molar-refractivity contribution in [3.05, 3.63) is 33.9 Å². The first kappa shape index (κ1) is 16.2. The van der Waals surface area contributed by atoms with E-state index >= 15 is 0 Å². The van der Waals surface area contributed by atoms with Crippen LogP contribution in [-0.4, -0.2) is 41.7 Å². The first-order chi connectivity index (χ1) is 10.5. The lowest BCUT2D eigenvalue weighted by Crippen LogP contribution is -2.34. The van der Waals surface area contributed by atoms with Gasteiger partial charge in [-0.25, -0.2) is 0 Å². The summed E-state index contributed by atoms with van der Waals surface area (Å²) in [5.41, 5.74) is 0.896. The fourth-order valence-corrected chi connectivity index (χ4v) is 2.57. The van der Waals surface area contributed by atoms with Gasteiger partial charge < -0.3 is 15.3 Å². The number of piperidine rings is 1. The van der Waals surface area contributed by atoms with Gasteiger partial charge in [-0.2, -0.15) is 0 Å². The molecule has 0 saturated carbocycles. The second kappa shape index (κ2) is 7.22. The van der Waals surface area contributed by atoms with E-state index in [1.807, 2.05) is 0 Å². The summed E-state index contributed by atoms with van der Waals surface area (Å²) in [4.78, 5) is 24.8. The van der Waals surface area contributed by atoms with Crippen LogP contribution in [-0.2, 0) is 0 Å². The van der Waals surface area contributed by atoms with Crippen LogP contribution in [0.15, 0.2) is 18.2 Å². The Morgan fingerprint density at radius 3 is 2.68 bits per heavy atom. The van der Waals surface area contributed by atoms with E-state index in [2.05, 4.69) is 10.2 Å². The van der Waals surface area contributed by atoms with Crippen LogP contribution in [0.5, 0.6) is 0 Å². The number of carbonyl (C=O) groups excluding carboxylic acids is 1. The van der Waals surface area contributed by atoms with Crippen molar-refractivity contribution in [2.24, 2.45) is 0 Å². The van der Waals surface area contributed by atoms with Gasteiger partial charge in [0.25, 0.3) is 11.6 Å². The van der Waals surface area contributed by atoms with E-state index in [-0.39, 0.29) is 17.8 Å². The van der Waals surface area contributed by atoms with Crippen LogP contribution >= 0.6 is 0 Å². The molecular formula is C15H21N3O4. The van der Waals surface area contributed by atoms with E-state index in [1.165, 1.54) is 12.1 Å². The van der Waals surface area contributed by atoms with Crippen LogP contribution in [0.3, 0.4) is 0 Å². The molecule has 1 aliphatic heterocycles. The Labute approximate surface area is 129 Å². The van der Waals surface area contributed by atoms with E-state index in [4.69, 9.17) is 0 Å². The molecule has 0 bridgehead atoms. The van der Waals surface area contributed by atoms with Crippen molar-refractivity contribution in [3.63, 3.8) is 0 Å². The summed E-state index contributed by atoms with van der Waals surface area (Å²) in [5, 5.41) is 22.8. The Kier molecular flexibility index (Phi) is 5.32. The van der Waals surface area contributed by atoms with E-state index < -0.39 is 16.9 Å². The fourth-order valence-electron chi connectivity index (χ4n) is 2.57. The minimum Gasteiger partial charge on any atom is -0.392 e. The molecule has 0 spiro atoms. The Hall–Kier alpha value is -2.15. The van der Waals surface area contributed by atoms with E-state index in [0.29, 0.717) is 5.69 Å². The van der Waals surface area contributed by atoms with Crippen LogP contribution in [0.2, 0.25) is 0 Å². The number of hydrogen-bond donors (Lipinski definition) is 2. The van der Waals surface area contributed by atoms with Crippen molar-refractivity contribution < 1.29 is 14.8 Å². The Morgan fingerprint density at radius 1 is 1.41 bits per heavy atom. The van der Waals surface area contributed by atoms with Gasteiger partial charge in [0.2, 0.25) is 0 Å². The highest BCUT2D eigenvalue weighted by atomic mass is 16.6. The molecule has 7 nitrogen and oxygen atoms in total. The van der Waals surface area contributed by atoms with Gasteiger partial charge in [-0.15, -0.1) is 0 Å². The van der Waals surface area contributed by atoms with Crippen molar-refractivity contribution in [2.45, 2.75) is 32.3 Å². The highest BCUT2D eigenvalue weighted by molar-refractivity contribution is 6.00. The molecule has 1 aromatic rings. The summed E-state index contributed by atoms with van der Waals surface area (Å²) in [6, 6.07) is 4.37. The molecule has 1 aromatic carbocycles. The standard InChI is InChI=1S/C15H21N3O4/c1-11(19)10-16-15(20)13-9-12(18(21)22)5-6-14(13)17-7-3-2-4-8-17/h5-6,9,11,19H,2-4,7-8,10H2,1H3,(H,16,20). The van der Waals surface area contributed by atoms with Crippen molar-refractivity contribution >= 4 is 17.3 Å². The molecule has 1 aliphatic rings. The third-order valence-corrected chi connectivity index (χ3v) is 3.69. The Balaban J connectivity index is 2.30. The minimum absolute atomic E-state index is 0.108. The maximum Gasteiger partial charge on any atom is 0.270 e. The number of aliphatic hydroxyl groups excluding tert-OH is 1. The van der Waals surface area contributed by atoms with Crippen molar-refractivity contribution in [2.75, 3.05) is 24.5 Å². The molecule has 0 aliphatic carbocycles. The number of aliphatic hydroxyl groups is 1. The fraction of sp³-hybridized carbons (Fsp3) is 0.533. The highest BCUT2D eigenvalue weighted by Crippen LogP contribution is 2.28. The summed E-state index contributed by atoms with van der Waals surface area (Å²) in [6.07, 6.45) is 2.59. The number of nitrogens with one attached hydrogen (secondary N) is 1. The van der Waals surface area contributed by atoms with Gasteiger partial charge in [0.05, 0.1) is 22.3 Å². The molecule has 22 heavy (non-hydrogen) atoms. The summed E-state index contributed by atoms with van der Waals surface area (Å²) < 4.78 is 0. The van der Waals surface area contributed by atoms with Crippen LogP contribution in [0.4, 0.5) is 11.4 Å². The topological polar surface area (TPSA) is 95.7 Å². The van der Waals surface area contributed by atoms with Crippen molar-refractivity contribution in [1.29, 1.82) is 0 Å². The number of nitro groups is 1. The molecule has 0 radical (unpaired) electrons. The zero-order chi connectivity index (χ0) is 16.1. The number of anilines is 1. The summed E-state index contributed by atoms with van der Waals surface area (Å²) in [6.45, 7) is 3.36. The van der Waals surface area contributed by atoms with Gasteiger partial charge >= 0.3 is 0 Å². The second-order valence-electron chi connectivity index (χ2n) is 5.57. The monoisotopic (exact) mass is 307 g/mol. The van der Waals surface area contributed by atoms with Gasteiger partial charge in [-0.3, -0.25) is 14.9 Å². The predicted octanol–water partition coefficient (Wildman–Crippen LogP) is 1.70. The third-order valence-electron chi connectivity index (χ3n) is 3.69. The van der Waals surface area contributed by atoms with Gasteiger partial charge in [0.15, 0.2) is 0 Å². The third kappa shape index (κ3) is 3.94. The van der Waals surface area contributed by atoms with E-state index in [0.717, 1.165) is 32.4 Å². The molecular weight excluding hydrogens is 286 g/mol. The lowest BCUT2D eigenvalue weighted by molar-refractivity contribution is -0.384. The average Bonchev–Trinajstić information content (AvgIpc) is 2.52. The van der Waals surface area contributed by atoms with Crippen LogP contribution < -0.4 is 10.2 Å². The van der Waals surface area contributed by atoms with Crippen LogP contribution in [0.25, 0.3) is 0 Å². The number of hydrogen-bond acceptors (Lipinski definition) is 5. The molecule has 1 fully saturated rings. The normalized spacial score (nSPS) is 16.2. The maximum atomic E-state index is 12.3. The smallest absolute Gasteiger partial charge is 0.270 e. The first-order valence-corrected chi connectivity index (χ1v) is 7.48. The molecule has 1 unspecified atom stereocenters. The van der Waals surface area contributed by atoms with E-state index in [1.54, 1.807) is 13.0 Å². The second-order valence-corrected chi connectivity index (χ2v) is 5.57. The molecule has 1 atom stereocenters. The lowest BCUT2D eigenvalue weighted by Gasteiger charge is -2.30. The molecule has 120 valence electrons. The quantitative estimate of drug-likeness (QED) is 0.637. The number of rotatable bonds is 5. The van der Waals surface area contributed by atoms with Crippen LogP contribution in [0.1, 0.15) is 36.5 Å². The molecule has 0 aromatic heterocycles. The average molecular weight is 307 g/mol. The summed E-state index contributed by atoms with van der Waals surface area (Å²) in [5.74, 6) is -0.398. The largest absolute Gasteiger partial charge is 0.392 e. The number of nitro benzene ring substituents is 1. The lowest BCUT2D eigenvalue weighted by atomic mass is 10.1. The van der Waals surface area contributed by atoms with E-state index in [9.17, 15) is 20.0 Å². The maximum absolute atomic E-state index is 12.3. The number of benzene rings is 1. The molecule has 2 N–H and O–H groups in total. The number of non-ortho nitro benzene ring substituents is 1. The zero-order valence-corrected chi connectivity index (χ0v) is 12.6. The van der Waals surface area contributed by atoms with Crippen molar-refractivity contribution in [1.82, 2.24) is 5.32 Å². The van der Waals surface area contributed by atoms with Gasteiger partial charge in [0, 0.05) is 31.8 Å². The Morgan fingerprint density at radius 2 is 2.09 bits per heavy atom. The van der Waals surface area contributed by atoms with Crippen LogP contribution in [0, 0.1) is 10.1 Å². The molecule has 1 amide bonds. The van der Waals surface area contributed by atoms with Gasteiger partial charge in [-0.05, 0) is 32.3 Å². The first-order valence-electron chi connectivity index (χ1n) is 7.48. The molecule has 7 heteroatoms.